The predicted octanol–water partition coefficient (Wildman–Crippen LogP) is 7.30. The highest BCUT2D eigenvalue weighted by molar-refractivity contribution is 5.82. The van der Waals surface area contributed by atoms with Crippen LogP contribution in [0.15, 0.2) is 46.9 Å². The van der Waals surface area contributed by atoms with Gasteiger partial charge in [0, 0.05) is 11.1 Å². The van der Waals surface area contributed by atoms with Crippen molar-refractivity contribution < 1.29 is 23.4 Å². The van der Waals surface area contributed by atoms with Gasteiger partial charge in [0.2, 0.25) is 0 Å². The molecule has 0 N–H and O–H groups in total. The number of hydrogen-bond acceptors (Lipinski definition) is 5. The average Bonchev–Trinajstić information content (AvgIpc) is 3.14. The smallest absolute Gasteiger partial charge is 0.311 e. The molecule has 3 rings (SSSR count). The van der Waals surface area contributed by atoms with Gasteiger partial charge in [0.1, 0.15) is 11.5 Å². The van der Waals surface area contributed by atoms with Crippen LogP contribution in [-0.4, -0.2) is 26.3 Å². The minimum absolute atomic E-state index is 0.195. The van der Waals surface area contributed by atoms with Crippen LogP contribution in [0, 0.1) is 26.2 Å². The summed E-state index contributed by atoms with van der Waals surface area (Å²) < 4.78 is 23.1. The average molecular weight is 465 g/mol. The predicted molar refractivity (Wildman–Crippen MR) is 135 cm³/mol. The molecule has 0 amide bonds. The first-order valence-corrected chi connectivity index (χ1v) is 11.8. The van der Waals surface area contributed by atoms with Crippen molar-refractivity contribution >= 4 is 5.97 Å². The zero-order valence-electron chi connectivity index (χ0n) is 21.4. The van der Waals surface area contributed by atoms with E-state index >= 15 is 0 Å². The Labute approximate surface area is 203 Å². The highest BCUT2D eigenvalue weighted by atomic mass is 16.6. The molecule has 34 heavy (non-hydrogen) atoms. The second-order valence-electron chi connectivity index (χ2n) is 9.28. The first-order valence-electron chi connectivity index (χ1n) is 11.8. The number of rotatable bonds is 10. The quantitative estimate of drug-likeness (QED) is 0.233. The SMILES string of the molecule is CCOc1oc(-c2ccccc2)c(C)c1-c1cc(C)c(OCCCC(C)(C)C(=O)OC)cc1C. The Morgan fingerprint density at radius 3 is 2.35 bits per heavy atom. The number of carbonyl (C=O) groups is 1. The summed E-state index contributed by atoms with van der Waals surface area (Å²) >= 11 is 0. The summed E-state index contributed by atoms with van der Waals surface area (Å²) in [6.45, 7) is 13.0. The molecule has 0 saturated heterocycles. The van der Waals surface area contributed by atoms with Crippen molar-refractivity contribution in [3.05, 3.63) is 59.2 Å². The number of benzene rings is 2. The van der Waals surface area contributed by atoms with Crippen LogP contribution in [0.1, 0.15) is 50.3 Å². The summed E-state index contributed by atoms with van der Waals surface area (Å²) in [6, 6.07) is 14.3. The van der Waals surface area contributed by atoms with Gasteiger partial charge < -0.3 is 18.6 Å². The summed E-state index contributed by atoms with van der Waals surface area (Å²) in [5.41, 5.74) is 5.73. The second-order valence-corrected chi connectivity index (χ2v) is 9.28. The highest BCUT2D eigenvalue weighted by Crippen LogP contribution is 2.44. The summed E-state index contributed by atoms with van der Waals surface area (Å²) in [6.07, 6.45) is 1.46. The zero-order chi connectivity index (χ0) is 24.9. The molecule has 0 bridgehead atoms. The molecule has 0 aliphatic heterocycles. The number of esters is 1. The number of ether oxygens (including phenoxy) is 3. The molecular weight excluding hydrogens is 428 g/mol. The van der Waals surface area contributed by atoms with E-state index in [-0.39, 0.29) is 5.97 Å². The van der Waals surface area contributed by atoms with Crippen LogP contribution in [0.5, 0.6) is 11.7 Å². The summed E-state index contributed by atoms with van der Waals surface area (Å²) in [5, 5.41) is 0. The Kier molecular flexibility index (Phi) is 8.08. The summed E-state index contributed by atoms with van der Waals surface area (Å²) in [4.78, 5) is 11.9. The van der Waals surface area contributed by atoms with Gasteiger partial charge >= 0.3 is 5.97 Å². The molecule has 5 heteroatoms. The molecule has 0 spiro atoms. The first-order chi connectivity index (χ1) is 16.2. The third-order valence-corrected chi connectivity index (χ3v) is 6.16. The Balaban J connectivity index is 1.85. The van der Waals surface area contributed by atoms with E-state index in [1.54, 1.807) is 0 Å². The van der Waals surface area contributed by atoms with E-state index in [2.05, 4.69) is 26.0 Å². The van der Waals surface area contributed by atoms with Crippen LogP contribution in [0.3, 0.4) is 0 Å². The van der Waals surface area contributed by atoms with Crippen molar-refractivity contribution in [2.75, 3.05) is 20.3 Å². The lowest BCUT2D eigenvalue weighted by molar-refractivity contribution is -0.151. The molecule has 0 aliphatic carbocycles. The van der Waals surface area contributed by atoms with Crippen molar-refractivity contribution in [1.82, 2.24) is 0 Å². The molecule has 3 aromatic rings. The van der Waals surface area contributed by atoms with Gasteiger partial charge in [-0.15, -0.1) is 0 Å². The monoisotopic (exact) mass is 464 g/mol. The molecule has 0 atom stereocenters. The van der Waals surface area contributed by atoms with Crippen LogP contribution in [0.25, 0.3) is 22.5 Å². The van der Waals surface area contributed by atoms with Crippen molar-refractivity contribution in [3.63, 3.8) is 0 Å². The number of hydrogen-bond donors (Lipinski definition) is 0. The summed E-state index contributed by atoms with van der Waals surface area (Å²) in [5.74, 6) is 2.02. The van der Waals surface area contributed by atoms with Gasteiger partial charge in [-0.1, -0.05) is 30.3 Å². The van der Waals surface area contributed by atoms with Crippen LogP contribution in [-0.2, 0) is 9.53 Å². The molecule has 0 saturated carbocycles. The van der Waals surface area contributed by atoms with Gasteiger partial charge in [-0.05, 0) is 83.2 Å². The van der Waals surface area contributed by atoms with Crippen LogP contribution < -0.4 is 9.47 Å². The lowest BCUT2D eigenvalue weighted by atomic mass is 9.88. The molecule has 2 aromatic carbocycles. The molecule has 1 aromatic heterocycles. The number of methoxy groups -OCH3 is 1. The van der Waals surface area contributed by atoms with E-state index in [0.29, 0.717) is 25.6 Å². The Hall–Kier alpha value is -3.21. The third-order valence-electron chi connectivity index (χ3n) is 6.16. The fourth-order valence-electron chi connectivity index (χ4n) is 4.19. The van der Waals surface area contributed by atoms with Crippen LogP contribution >= 0.6 is 0 Å². The van der Waals surface area contributed by atoms with E-state index in [4.69, 9.17) is 18.6 Å². The van der Waals surface area contributed by atoms with Gasteiger partial charge in [-0.2, -0.15) is 0 Å². The molecule has 0 unspecified atom stereocenters. The minimum Gasteiger partial charge on any atom is -0.493 e. The van der Waals surface area contributed by atoms with E-state index < -0.39 is 5.41 Å². The normalized spacial score (nSPS) is 11.4. The Bertz CT molecular complexity index is 1130. The third kappa shape index (κ3) is 5.46. The maximum Gasteiger partial charge on any atom is 0.311 e. The number of aryl methyl sites for hydroxylation is 2. The topological polar surface area (TPSA) is 57.9 Å². The number of carbonyl (C=O) groups excluding carboxylic acids is 1. The Morgan fingerprint density at radius 2 is 1.71 bits per heavy atom. The molecule has 5 nitrogen and oxygen atoms in total. The standard InChI is InChI=1S/C29H36O5/c1-8-32-27-25(21(4)26(34-27)22-13-10-9-11-14-22)23-17-20(3)24(18-19(23)2)33-16-12-15-29(5,6)28(30)31-7/h9-11,13-14,17-18H,8,12,15-16H2,1-7H3. The molecule has 0 fully saturated rings. The fourth-order valence-corrected chi connectivity index (χ4v) is 4.19. The molecule has 0 aliphatic rings. The minimum atomic E-state index is -0.516. The van der Waals surface area contributed by atoms with E-state index in [1.807, 2.05) is 58.0 Å². The van der Waals surface area contributed by atoms with E-state index in [0.717, 1.165) is 51.3 Å². The van der Waals surface area contributed by atoms with Crippen molar-refractivity contribution in [3.8, 4) is 34.1 Å². The first kappa shape index (κ1) is 25.4. The van der Waals surface area contributed by atoms with Gasteiger partial charge in [-0.25, -0.2) is 0 Å². The van der Waals surface area contributed by atoms with Crippen LogP contribution in [0.4, 0.5) is 0 Å². The lowest BCUT2D eigenvalue weighted by Gasteiger charge is -2.21. The van der Waals surface area contributed by atoms with Gasteiger partial charge in [0.15, 0.2) is 0 Å². The fraction of sp³-hybridized carbons (Fsp3) is 0.414. The lowest BCUT2D eigenvalue weighted by Crippen LogP contribution is -2.26. The molecular formula is C29H36O5. The van der Waals surface area contributed by atoms with Gasteiger partial charge in [-0.3, -0.25) is 4.79 Å². The molecule has 0 radical (unpaired) electrons. The van der Waals surface area contributed by atoms with Gasteiger partial charge in [0.25, 0.3) is 5.95 Å². The zero-order valence-corrected chi connectivity index (χ0v) is 21.4. The second kappa shape index (κ2) is 10.8. The van der Waals surface area contributed by atoms with Crippen molar-refractivity contribution in [2.45, 2.75) is 54.4 Å². The largest absolute Gasteiger partial charge is 0.493 e. The molecule has 1 heterocycles. The van der Waals surface area contributed by atoms with Crippen molar-refractivity contribution in [2.24, 2.45) is 5.41 Å². The van der Waals surface area contributed by atoms with Crippen LogP contribution in [0.2, 0.25) is 0 Å². The van der Waals surface area contributed by atoms with E-state index in [9.17, 15) is 4.79 Å². The number of furan rings is 1. The van der Waals surface area contributed by atoms with E-state index in [1.165, 1.54) is 7.11 Å². The molecule has 182 valence electrons. The van der Waals surface area contributed by atoms with Crippen molar-refractivity contribution in [1.29, 1.82) is 0 Å². The highest BCUT2D eigenvalue weighted by Gasteiger charge is 2.28. The van der Waals surface area contributed by atoms with Gasteiger partial charge in [0.05, 0.1) is 31.3 Å². The maximum absolute atomic E-state index is 11.9. The summed E-state index contributed by atoms with van der Waals surface area (Å²) in [7, 11) is 1.43. The maximum atomic E-state index is 11.9. The Morgan fingerprint density at radius 1 is 1.00 bits per heavy atom.